The minimum atomic E-state index is -0.0242. The molecule has 0 saturated carbocycles. The molecule has 21 heavy (non-hydrogen) atoms. The van der Waals surface area contributed by atoms with E-state index in [4.69, 9.17) is 0 Å². The van der Waals surface area contributed by atoms with Gasteiger partial charge in [-0.05, 0) is 32.1 Å². The molecule has 4 nitrogen and oxygen atoms in total. The summed E-state index contributed by atoms with van der Waals surface area (Å²) in [6.07, 6.45) is 0. The number of fused-ring (bicyclic) bond motifs is 1. The Morgan fingerprint density at radius 2 is 1.95 bits per heavy atom. The summed E-state index contributed by atoms with van der Waals surface area (Å²) in [7, 11) is 0. The van der Waals surface area contributed by atoms with Gasteiger partial charge in [-0.2, -0.15) is 0 Å². The summed E-state index contributed by atoms with van der Waals surface area (Å²) in [5.41, 5.74) is 2.44. The molecule has 0 fully saturated rings. The summed E-state index contributed by atoms with van der Waals surface area (Å²) in [6.45, 7) is 9.72. The SMILES string of the molecule is CCN(CC)CCNC(=O)c1cc(C)nc2ccccc12. The maximum atomic E-state index is 12.4. The van der Waals surface area contributed by atoms with Gasteiger partial charge in [0.05, 0.1) is 11.1 Å². The third-order valence-corrected chi connectivity index (χ3v) is 3.70. The molecule has 0 aliphatic rings. The highest BCUT2D eigenvalue weighted by Crippen LogP contribution is 2.17. The van der Waals surface area contributed by atoms with E-state index >= 15 is 0 Å². The number of carbonyl (C=O) groups excluding carboxylic acids is 1. The van der Waals surface area contributed by atoms with Crippen molar-refractivity contribution in [3.8, 4) is 0 Å². The van der Waals surface area contributed by atoms with E-state index in [-0.39, 0.29) is 5.91 Å². The molecule has 112 valence electrons. The van der Waals surface area contributed by atoms with Crippen LogP contribution in [-0.2, 0) is 0 Å². The van der Waals surface area contributed by atoms with Crippen LogP contribution in [0.1, 0.15) is 29.9 Å². The highest BCUT2D eigenvalue weighted by molar-refractivity contribution is 6.06. The first kappa shape index (κ1) is 15.4. The second-order valence-electron chi connectivity index (χ2n) is 5.11. The average molecular weight is 285 g/mol. The van der Waals surface area contributed by atoms with E-state index in [1.54, 1.807) is 0 Å². The lowest BCUT2D eigenvalue weighted by Crippen LogP contribution is -2.34. The first-order valence-corrected chi connectivity index (χ1v) is 7.52. The topological polar surface area (TPSA) is 45.2 Å². The Hall–Kier alpha value is -1.94. The molecule has 2 aromatic rings. The second kappa shape index (κ2) is 7.18. The van der Waals surface area contributed by atoms with E-state index in [2.05, 4.69) is 29.0 Å². The van der Waals surface area contributed by atoms with E-state index in [9.17, 15) is 4.79 Å². The molecule has 2 rings (SSSR count). The highest BCUT2D eigenvalue weighted by atomic mass is 16.1. The fraction of sp³-hybridized carbons (Fsp3) is 0.412. The third-order valence-electron chi connectivity index (χ3n) is 3.70. The van der Waals surface area contributed by atoms with Gasteiger partial charge in [-0.3, -0.25) is 9.78 Å². The normalized spacial score (nSPS) is 11.0. The van der Waals surface area contributed by atoms with Crippen molar-refractivity contribution in [3.63, 3.8) is 0 Å². The molecule has 0 spiro atoms. The van der Waals surface area contributed by atoms with Crippen molar-refractivity contribution in [2.75, 3.05) is 26.2 Å². The Morgan fingerprint density at radius 1 is 1.24 bits per heavy atom. The number of carbonyl (C=O) groups is 1. The molecule has 1 N–H and O–H groups in total. The number of hydrogen-bond acceptors (Lipinski definition) is 3. The first-order chi connectivity index (χ1) is 10.2. The Balaban J connectivity index is 2.12. The molecule has 0 atom stereocenters. The zero-order valence-corrected chi connectivity index (χ0v) is 13.0. The summed E-state index contributed by atoms with van der Waals surface area (Å²) in [5.74, 6) is -0.0242. The number of hydrogen-bond donors (Lipinski definition) is 1. The number of likely N-dealkylation sites (N-methyl/N-ethyl adjacent to an activating group) is 1. The number of aryl methyl sites for hydroxylation is 1. The summed E-state index contributed by atoms with van der Waals surface area (Å²) < 4.78 is 0. The van der Waals surface area contributed by atoms with E-state index in [1.165, 1.54) is 0 Å². The molecule has 0 unspecified atom stereocenters. The summed E-state index contributed by atoms with van der Waals surface area (Å²) in [5, 5.41) is 3.92. The van der Waals surface area contributed by atoms with E-state index in [0.29, 0.717) is 12.1 Å². The molecular formula is C17H23N3O. The fourth-order valence-electron chi connectivity index (χ4n) is 2.46. The first-order valence-electron chi connectivity index (χ1n) is 7.52. The minimum absolute atomic E-state index is 0.0242. The van der Waals surface area contributed by atoms with Crippen LogP contribution >= 0.6 is 0 Å². The predicted octanol–water partition coefficient (Wildman–Crippen LogP) is 2.61. The van der Waals surface area contributed by atoms with Crippen molar-refractivity contribution in [1.82, 2.24) is 15.2 Å². The second-order valence-corrected chi connectivity index (χ2v) is 5.11. The molecule has 1 amide bonds. The van der Waals surface area contributed by atoms with Crippen LogP contribution in [0.2, 0.25) is 0 Å². The van der Waals surface area contributed by atoms with Crippen molar-refractivity contribution in [2.24, 2.45) is 0 Å². The van der Waals surface area contributed by atoms with Gasteiger partial charge < -0.3 is 10.2 Å². The molecule has 1 aromatic carbocycles. The van der Waals surface area contributed by atoms with Crippen molar-refractivity contribution < 1.29 is 4.79 Å². The number of rotatable bonds is 6. The number of pyridine rings is 1. The van der Waals surface area contributed by atoms with E-state index in [0.717, 1.165) is 36.2 Å². The zero-order valence-electron chi connectivity index (χ0n) is 13.0. The highest BCUT2D eigenvalue weighted by Gasteiger charge is 2.11. The molecular weight excluding hydrogens is 262 g/mol. The maximum absolute atomic E-state index is 12.4. The summed E-state index contributed by atoms with van der Waals surface area (Å²) in [4.78, 5) is 19.2. The van der Waals surface area contributed by atoms with Crippen molar-refractivity contribution >= 4 is 16.8 Å². The summed E-state index contributed by atoms with van der Waals surface area (Å²) >= 11 is 0. The lowest BCUT2D eigenvalue weighted by molar-refractivity contribution is 0.0950. The van der Waals surface area contributed by atoms with Crippen LogP contribution < -0.4 is 5.32 Å². The molecule has 4 heteroatoms. The number of para-hydroxylation sites is 1. The molecule has 0 radical (unpaired) electrons. The Labute approximate surface area is 126 Å². The Morgan fingerprint density at radius 3 is 2.67 bits per heavy atom. The average Bonchev–Trinajstić information content (AvgIpc) is 2.50. The van der Waals surface area contributed by atoms with Gasteiger partial charge in [-0.1, -0.05) is 32.0 Å². The van der Waals surface area contributed by atoms with Crippen LogP contribution in [0.3, 0.4) is 0 Å². The maximum Gasteiger partial charge on any atom is 0.252 e. The molecule has 1 heterocycles. The largest absolute Gasteiger partial charge is 0.351 e. The zero-order chi connectivity index (χ0) is 15.2. The number of nitrogens with zero attached hydrogens (tertiary/aromatic N) is 2. The van der Waals surface area contributed by atoms with Gasteiger partial charge in [-0.25, -0.2) is 0 Å². The van der Waals surface area contributed by atoms with Gasteiger partial charge in [-0.15, -0.1) is 0 Å². The van der Waals surface area contributed by atoms with Crippen LogP contribution in [0.5, 0.6) is 0 Å². The van der Waals surface area contributed by atoms with E-state index < -0.39 is 0 Å². The monoisotopic (exact) mass is 285 g/mol. The third kappa shape index (κ3) is 3.79. The van der Waals surface area contributed by atoms with Gasteiger partial charge in [0, 0.05) is 24.2 Å². The number of aromatic nitrogens is 1. The molecule has 0 aliphatic carbocycles. The van der Waals surface area contributed by atoms with Gasteiger partial charge in [0.2, 0.25) is 0 Å². The van der Waals surface area contributed by atoms with Crippen LogP contribution in [0.15, 0.2) is 30.3 Å². The Bertz CT molecular complexity index is 620. The van der Waals surface area contributed by atoms with Crippen molar-refractivity contribution in [2.45, 2.75) is 20.8 Å². The van der Waals surface area contributed by atoms with Crippen LogP contribution in [0.4, 0.5) is 0 Å². The predicted molar refractivity (Wildman–Crippen MR) is 86.6 cm³/mol. The van der Waals surface area contributed by atoms with Gasteiger partial charge in [0.15, 0.2) is 0 Å². The quantitative estimate of drug-likeness (QED) is 0.887. The lowest BCUT2D eigenvalue weighted by Gasteiger charge is -2.18. The van der Waals surface area contributed by atoms with Crippen molar-refractivity contribution in [3.05, 3.63) is 41.6 Å². The molecule has 0 aliphatic heterocycles. The van der Waals surface area contributed by atoms with Crippen molar-refractivity contribution in [1.29, 1.82) is 0 Å². The van der Waals surface area contributed by atoms with Crippen LogP contribution in [-0.4, -0.2) is 42.0 Å². The molecule has 0 bridgehead atoms. The molecule has 1 aromatic heterocycles. The van der Waals surface area contributed by atoms with Crippen LogP contribution in [0, 0.1) is 6.92 Å². The Kier molecular flexibility index (Phi) is 5.28. The number of nitrogens with one attached hydrogen (secondary N) is 1. The van der Waals surface area contributed by atoms with Gasteiger partial charge in [0.1, 0.15) is 0 Å². The minimum Gasteiger partial charge on any atom is -0.351 e. The standard InChI is InChI=1S/C17H23N3O/c1-4-20(5-2)11-10-18-17(21)15-12-13(3)19-16-9-7-6-8-14(15)16/h6-9,12H,4-5,10-11H2,1-3H3,(H,18,21). The van der Waals surface area contributed by atoms with Crippen LogP contribution in [0.25, 0.3) is 10.9 Å². The molecule has 0 saturated heterocycles. The number of benzene rings is 1. The van der Waals surface area contributed by atoms with Gasteiger partial charge in [0.25, 0.3) is 5.91 Å². The number of amides is 1. The fourth-order valence-corrected chi connectivity index (χ4v) is 2.46. The van der Waals surface area contributed by atoms with Gasteiger partial charge >= 0.3 is 0 Å². The summed E-state index contributed by atoms with van der Waals surface area (Å²) in [6, 6.07) is 9.62. The smallest absolute Gasteiger partial charge is 0.252 e. The lowest BCUT2D eigenvalue weighted by atomic mass is 10.1. The van der Waals surface area contributed by atoms with E-state index in [1.807, 2.05) is 37.3 Å².